The Kier molecular flexibility index (Phi) is 4.40. The summed E-state index contributed by atoms with van der Waals surface area (Å²) in [6.45, 7) is 7.31. The Morgan fingerprint density at radius 1 is 1.15 bits per heavy atom. The molecule has 0 saturated heterocycles. The van der Waals surface area contributed by atoms with Crippen molar-refractivity contribution in [3.63, 3.8) is 0 Å². The predicted octanol–water partition coefficient (Wildman–Crippen LogP) is 2.92. The van der Waals surface area contributed by atoms with Crippen LogP contribution in [0.4, 0.5) is 17.2 Å². The lowest BCUT2D eigenvalue weighted by Crippen LogP contribution is -2.19. The van der Waals surface area contributed by atoms with Crippen molar-refractivity contribution in [2.75, 3.05) is 23.8 Å². The van der Waals surface area contributed by atoms with Gasteiger partial charge in [-0.25, -0.2) is 4.98 Å². The first-order valence-electron chi connectivity index (χ1n) is 6.74. The molecule has 0 aliphatic rings. The number of aromatic nitrogens is 2. The Morgan fingerprint density at radius 2 is 1.85 bits per heavy atom. The van der Waals surface area contributed by atoms with Crippen LogP contribution in [0.5, 0.6) is 5.88 Å². The second kappa shape index (κ2) is 6.23. The minimum absolute atomic E-state index is 0.433. The Bertz CT molecular complexity index is 569. The maximum absolute atomic E-state index is 6.12. The van der Waals surface area contributed by atoms with Gasteiger partial charge in [-0.3, -0.25) is 0 Å². The predicted molar refractivity (Wildman–Crippen MR) is 81.5 cm³/mol. The molecular formula is C15H20N4O. The van der Waals surface area contributed by atoms with Crippen molar-refractivity contribution in [2.45, 2.75) is 20.8 Å². The summed E-state index contributed by atoms with van der Waals surface area (Å²) in [5.74, 6) is 1.11. The van der Waals surface area contributed by atoms with Gasteiger partial charge in [0.2, 0.25) is 5.88 Å². The van der Waals surface area contributed by atoms with E-state index in [2.05, 4.69) is 48.1 Å². The number of rotatable bonds is 5. The van der Waals surface area contributed by atoms with Crippen LogP contribution in [0.25, 0.3) is 0 Å². The van der Waals surface area contributed by atoms with Crippen LogP contribution < -0.4 is 15.4 Å². The summed E-state index contributed by atoms with van der Waals surface area (Å²) in [6.07, 6.45) is 1.48. The number of aryl methyl sites for hydroxylation is 1. The smallest absolute Gasteiger partial charge is 0.242 e. The molecule has 2 aromatic rings. The molecule has 5 heteroatoms. The van der Waals surface area contributed by atoms with E-state index in [0.717, 1.165) is 12.2 Å². The van der Waals surface area contributed by atoms with E-state index in [0.29, 0.717) is 24.0 Å². The fourth-order valence-corrected chi connectivity index (χ4v) is 2.02. The first kappa shape index (κ1) is 14.1. The van der Waals surface area contributed by atoms with Gasteiger partial charge in [0.15, 0.2) is 5.82 Å². The highest BCUT2D eigenvalue weighted by Crippen LogP contribution is 2.32. The zero-order valence-electron chi connectivity index (χ0n) is 12.1. The van der Waals surface area contributed by atoms with Crippen LogP contribution >= 0.6 is 0 Å². The topological polar surface area (TPSA) is 64.3 Å². The third-order valence-electron chi connectivity index (χ3n) is 3.02. The van der Waals surface area contributed by atoms with Gasteiger partial charge in [0.05, 0.1) is 6.61 Å². The van der Waals surface area contributed by atoms with Crippen LogP contribution in [-0.2, 0) is 0 Å². The van der Waals surface area contributed by atoms with Crippen LogP contribution in [0.2, 0.25) is 0 Å². The van der Waals surface area contributed by atoms with Crippen molar-refractivity contribution in [2.24, 2.45) is 0 Å². The van der Waals surface area contributed by atoms with Crippen LogP contribution in [0.1, 0.15) is 19.4 Å². The van der Waals surface area contributed by atoms with Gasteiger partial charge in [-0.15, -0.1) is 0 Å². The molecule has 0 aliphatic carbocycles. The van der Waals surface area contributed by atoms with E-state index in [1.165, 1.54) is 11.9 Å². The van der Waals surface area contributed by atoms with E-state index < -0.39 is 0 Å². The van der Waals surface area contributed by atoms with Crippen LogP contribution in [0, 0.1) is 6.92 Å². The zero-order valence-corrected chi connectivity index (χ0v) is 12.1. The quantitative estimate of drug-likeness (QED) is 0.906. The van der Waals surface area contributed by atoms with Crippen LogP contribution in [0.15, 0.2) is 30.6 Å². The minimum Gasteiger partial charge on any atom is -0.476 e. The molecule has 0 aliphatic heterocycles. The molecule has 0 amide bonds. The van der Waals surface area contributed by atoms with Crippen molar-refractivity contribution in [1.29, 1.82) is 0 Å². The lowest BCUT2D eigenvalue weighted by molar-refractivity contribution is 0.328. The van der Waals surface area contributed by atoms with Crippen molar-refractivity contribution in [3.8, 4) is 5.88 Å². The second-order valence-electron chi connectivity index (χ2n) is 4.43. The minimum atomic E-state index is 0.433. The second-order valence-corrected chi connectivity index (χ2v) is 4.43. The molecule has 2 N–H and O–H groups in total. The summed E-state index contributed by atoms with van der Waals surface area (Å²) in [6, 6.07) is 8.25. The SMILES string of the molecule is CCOc1ncnc(N(CC)c2ccc(C)cc2)c1N. The maximum atomic E-state index is 6.12. The Hall–Kier alpha value is -2.30. The van der Waals surface area contributed by atoms with Gasteiger partial charge >= 0.3 is 0 Å². The maximum Gasteiger partial charge on any atom is 0.242 e. The lowest BCUT2D eigenvalue weighted by atomic mass is 10.2. The van der Waals surface area contributed by atoms with E-state index in [9.17, 15) is 0 Å². The normalized spacial score (nSPS) is 10.3. The van der Waals surface area contributed by atoms with E-state index >= 15 is 0 Å². The van der Waals surface area contributed by atoms with E-state index in [-0.39, 0.29) is 0 Å². The highest BCUT2D eigenvalue weighted by atomic mass is 16.5. The average molecular weight is 272 g/mol. The van der Waals surface area contributed by atoms with Gasteiger partial charge in [0.25, 0.3) is 0 Å². The molecule has 1 heterocycles. The summed E-state index contributed by atoms with van der Waals surface area (Å²) < 4.78 is 5.42. The molecule has 0 spiro atoms. The summed E-state index contributed by atoms with van der Waals surface area (Å²) in [7, 11) is 0. The molecule has 0 fully saturated rings. The summed E-state index contributed by atoms with van der Waals surface area (Å²) in [5, 5.41) is 0. The van der Waals surface area contributed by atoms with Crippen LogP contribution in [0.3, 0.4) is 0 Å². The van der Waals surface area contributed by atoms with Gasteiger partial charge in [-0.1, -0.05) is 17.7 Å². The first-order valence-corrected chi connectivity index (χ1v) is 6.74. The molecular weight excluding hydrogens is 252 g/mol. The molecule has 106 valence electrons. The number of nitrogen functional groups attached to an aromatic ring is 1. The van der Waals surface area contributed by atoms with Crippen LogP contribution in [-0.4, -0.2) is 23.1 Å². The van der Waals surface area contributed by atoms with E-state index in [1.54, 1.807) is 0 Å². The van der Waals surface area contributed by atoms with Gasteiger partial charge in [-0.2, -0.15) is 4.98 Å². The van der Waals surface area contributed by atoms with Crippen molar-refractivity contribution in [1.82, 2.24) is 9.97 Å². The standard InChI is InChI=1S/C15H20N4O/c1-4-19(12-8-6-11(3)7-9-12)14-13(16)15(20-5-2)18-10-17-14/h6-10H,4-5,16H2,1-3H3. The molecule has 0 saturated carbocycles. The largest absolute Gasteiger partial charge is 0.476 e. The fraction of sp³-hybridized carbons (Fsp3) is 0.333. The van der Waals surface area contributed by atoms with Gasteiger partial charge in [-0.05, 0) is 32.9 Å². The van der Waals surface area contributed by atoms with Gasteiger partial charge in [0, 0.05) is 12.2 Å². The number of hydrogen-bond donors (Lipinski definition) is 1. The third kappa shape index (κ3) is 2.82. The molecule has 1 aromatic heterocycles. The number of anilines is 3. The molecule has 0 unspecified atom stereocenters. The van der Waals surface area contributed by atoms with E-state index in [4.69, 9.17) is 10.5 Å². The fourth-order valence-electron chi connectivity index (χ4n) is 2.02. The average Bonchev–Trinajstić information content (AvgIpc) is 2.46. The van der Waals surface area contributed by atoms with Crippen molar-refractivity contribution in [3.05, 3.63) is 36.2 Å². The summed E-state index contributed by atoms with van der Waals surface area (Å²) in [5.41, 5.74) is 8.86. The van der Waals surface area contributed by atoms with Gasteiger partial charge < -0.3 is 15.4 Å². The summed E-state index contributed by atoms with van der Waals surface area (Å²) in [4.78, 5) is 10.4. The molecule has 0 bridgehead atoms. The molecule has 2 rings (SSSR count). The Labute approximate surface area is 119 Å². The number of ether oxygens (including phenoxy) is 1. The first-order chi connectivity index (χ1) is 9.67. The Balaban J connectivity index is 2.41. The van der Waals surface area contributed by atoms with Gasteiger partial charge in [0.1, 0.15) is 12.0 Å². The number of nitrogens with two attached hydrogens (primary N) is 1. The molecule has 1 aromatic carbocycles. The number of hydrogen-bond acceptors (Lipinski definition) is 5. The molecule has 0 atom stereocenters. The molecule has 5 nitrogen and oxygen atoms in total. The Morgan fingerprint density at radius 3 is 2.45 bits per heavy atom. The highest BCUT2D eigenvalue weighted by Gasteiger charge is 2.16. The van der Waals surface area contributed by atoms with E-state index in [1.807, 2.05) is 11.8 Å². The lowest BCUT2D eigenvalue weighted by Gasteiger charge is -2.24. The highest BCUT2D eigenvalue weighted by molar-refractivity contribution is 5.74. The van der Waals surface area contributed by atoms with Crippen molar-refractivity contribution >= 4 is 17.2 Å². The third-order valence-corrected chi connectivity index (χ3v) is 3.02. The number of nitrogens with zero attached hydrogens (tertiary/aromatic N) is 3. The van der Waals surface area contributed by atoms with Crippen molar-refractivity contribution < 1.29 is 4.74 Å². The molecule has 20 heavy (non-hydrogen) atoms. The summed E-state index contributed by atoms with van der Waals surface area (Å²) >= 11 is 0. The number of benzene rings is 1. The monoisotopic (exact) mass is 272 g/mol. The molecule has 0 radical (unpaired) electrons. The zero-order chi connectivity index (χ0) is 14.5.